The van der Waals surface area contributed by atoms with Crippen molar-refractivity contribution in [3.05, 3.63) is 83.9 Å². The predicted molar refractivity (Wildman–Crippen MR) is 121 cm³/mol. The van der Waals surface area contributed by atoms with Crippen molar-refractivity contribution in [2.45, 2.75) is 52.6 Å². The maximum absolute atomic E-state index is 11.2. The predicted octanol–water partition coefficient (Wildman–Crippen LogP) is 7.38. The monoisotopic (exact) mass is 386 g/mol. The summed E-state index contributed by atoms with van der Waals surface area (Å²) < 4.78 is 5.30. The van der Waals surface area contributed by atoms with E-state index in [9.17, 15) is 4.79 Å². The molecule has 1 atom stereocenters. The molecule has 3 aromatic rings. The second-order valence-electron chi connectivity index (χ2n) is 7.58. The van der Waals surface area contributed by atoms with Gasteiger partial charge < -0.3 is 4.74 Å². The summed E-state index contributed by atoms with van der Waals surface area (Å²) in [5, 5.41) is 0. The molecule has 1 unspecified atom stereocenters. The Kier molecular flexibility index (Phi) is 7.24. The summed E-state index contributed by atoms with van der Waals surface area (Å²) in [4.78, 5) is 11.2. The number of ether oxygens (including phenoxy) is 1. The lowest BCUT2D eigenvalue weighted by molar-refractivity contribution is -0.145. The Morgan fingerprint density at radius 3 is 2.21 bits per heavy atom. The summed E-state index contributed by atoms with van der Waals surface area (Å²) in [6, 6.07) is 25.8. The molecule has 2 nitrogen and oxygen atoms in total. The van der Waals surface area contributed by atoms with Crippen molar-refractivity contribution in [3.8, 4) is 22.3 Å². The van der Waals surface area contributed by atoms with Crippen LogP contribution in [-0.4, -0.2) is 5.97 Å². The van der Waals surface area contributed by atoms with Crippen molar-refractivity contribution in [3.63, 3.8) is 0 Å². The lowest BCUT2D eigenvalue weighted by Crippen LogP contribution is -2.04. The third kappa shape index (κ3) is 5.57. The fourth-order valence-corrected chi connectivity index (χ4v) is 3.68. The van der Waals surface area contributed by atoms with Crippen LogP contribution in [-0.2, 0) is 16.0 Å². The Balaban J connectivity index is 1.94. The molecule has 150 valence electrons. The first-order valence-corrected chi connectivity index (χ1v) is 10.5. The molecule has 0 saturated heterocycles. The first kappa shape index (κ1) is 20.9. The Hall–Kier alpha value is -2.87. The number of hydrogen-bond acceptors (Lipinski definition) is 2. The van der Waals surface area contributed by atoms with Gasteiger partial charge >= 0.3 is 5.97 Å². The molecule has 0 aliphatic carbocycles. The highest BCUT2D eigenvalue weighted by Gasteiger charge is 2.12. The highest BCUT2D eigenvalue weighted by atomic mass is 16.5. The number of aryl methyl sites for hydroxylation is 1. The van der Waals surface area contributed by atoms with Gasteiger partial charge in [-0.3, -0.25) is 4.79 Å². The van der Waals surface area contributed by atoms with Crippen molar-refractivity contribution >= 4 is 5.97 Å². The van der Waals surface area contributed by atoms with E-state index in [-0.39, 0.29) is 12.1 Å². The highest BCUT2D eigenvalue weighted by Crippen LogP contribution is 2.34. The van der Waals surface area contributed by atoms with E-state index in [1.54, 1.807) is 0 Å². The van der Waals surface area contributed by atoms with Crippen LogP contribution in [0.1, 0.15) is 57.3 Å². The first-order valence-electron chi connectivity index (χ1n) is 10.5. The summed E-state index contributed by atoms with van der Waals surface area (Å²) in [5.41, 5.74) is 7.28. The minimum atomic E-state index is -0.258. The van der Waals surface area contributed by atoms with Crippen LogP contribution >= 0.6 is 0 Å². The Morgan fingerprint density at radius 1 is 0.862 bits per heavy atom. The van der Waals surface area contributed by atoms with Gasteiger partial charge in [0.05, 0.1) is 0 Å². The summed E-state index contributed by atoms with van der Waals surface area (Å²) in [6.45, 7) is 5.58. The lowest BCUT2D eigenvalue weighted by atomic mass is 9.91. The van der Waals surface area contributed by atoms with Crippen LogP contribution in [0.4, 0.5) is 0 Å². The molecular weight excluding hydrogens is 356 g/mol. The molecule has 0 bridgehead atoms. The second kappa shape index (κ2) is 10.1. The van der Waals surface area contributed by atoms with Gasteiger partial charge in [-0.05, 0) is 53.1 Å². The van der Waals surface area contributed by atoms with Crippen LogP contribution < -0.4 is 0 Å². The normalized spacial score (nSPS) is 11.8. The van der Waals surface area contributed by atoms with E-state index in [4.69, 9.17) is 4.74 Å². The van der Waals surface area contributed by atoms with Crippen molar-refractivity contribution in [1.82, 2.24) is 0 Å². The van der Waals surface area contributed by atoms with Crippen molar-refractivity contribution in [1.29, 1.82) is 0 Å². The molecule has 0 N–H and O–H groups in total. The van der Waals surface area contributed by atoms with Crippen molar-refractivity contribution < 1.29 is 9.53 Å². The Labute approximate surface area is 174 Å². The number of unbranched alkanes of at least 4 members (excludes halogenated alkanes) is 2. The minimum Gasteiger partial charge on any atom is -0.458 e. The molecule has 0 fully saturated rings. The Bertz CT molecular complexity index is 927. The fourth-order valence-electron chi connectivity index (χ4n) is 3.68. The summed E-state index contributed by atoms with van der Waals surface area (Å²) in [5.74, 6) is -0.258. The zero-order valence-electron chi connectivity index (χ0n) is 17.7. The maximum Gasteiger partial charge on any atom is 0.303 e. The van der Waals surface area contributed by atoms with E-state index >= 15 is 0 Å². The van der Waals surface area contributed by atoms with Crippen LogP contribution in [0.15, 0.2) is 72.8 Å². The van der Waals surface area contributed by atoms with E-state index in [1.165, 1.54) is 54.0 Å². The van der Waals surface area contributed by atoms with E-state index in [1.807, 2.05) is 19.1 Å². The molecule has 0 amide bonds. The molecule has 3 aromatic carbocycles. The molecular formula is C27H30O2. The van der Waals surface area contributed by atoms with Gasteiger partial charge in [-0.2, -0.15) is 0 Å². The van der Waals surface area contributed by atoms with E-state index in [0.717, 1.165) is 12.0 Å². The van der Waals surface area contributed by atoms with Gasteiger partial charge in [-0.15, -0.1) is 0 Å². The van der Waals surface area contributed by atoms with E-state index in [0.29, 0.717) is 0 Å². The van der Waals surface area contributed by atoms with Gasteiger partial charge in [-0.1, -0.05) is 92.6 Å². The van der Waals surface area contributed by atoms with Crippen LogP contribution in [0.3, 0.4) is 0 Å². The van der Waals surface area contributed by atoms with E-state index < -0.39 is 0 Å². The number of esters is 1. The number of hydrogen-bond donors (Lipinski definition) is 0. The number of carbonyl (C=O) groups is 1. The molecule has 0 spiro atoms. The second-order valence-corrected chi connectivity index (χ2v) is 7.58. The smallest absolute Gasteiger partial charge is 0.303 e. The molecule has 2 heteroatoms. The molecule has 0 aliphatic rings. The highest BCUT2D eigenvalue weighted by molar-refractivity contribution is 5.84. The standard InChI is InChI=1S/C27H30O2/c1-4-5-7-10-22-13-18-26(27(19-22)24-11-8-6-9-12-24)25-16-14-23(15-17-25)20(2)29-21(3)28/h6,8-9,11-20H,4-5,7,10H2,1-3H3. The Morgan fingerprint density at radius 2 is 1.55 bits per heavy atom. The van der Waals surface area contributed by atoms with Gasteiger partial charge in [0, 0.05) is 6.92 Å². The van der Waals surface area contributed by atoms with Crippen LogP contribution in [0.25, 0.3) is 22.3 Å². The fraction of sp³-hybridized carbons (Fsp3) is 0.296. The van der Waals surface area contributed by atoms with Crippen LogP contribution in [0.2, 0.25) is 0 Å². The number of carbonyl (C=O) groups excluding carboxylic acids is 1. The average Bonchev–Trinajstić information content (AvgIpc) is 2.74. The molecule has 0 aromatic heterocycles. The molecule has 29 heavy (non-hydrogen) atoms. The quantitative estimate of drug-likeness (QED) is 0.298. The topological polar surface area (TPSA) is 26.3 Å². The molecule has 3 rings (SSSR count). The lowest BCUT2D eigenvalue weighted by Gasteiger charge is -2.15. The zero-order valence-corrected chi connectivity index (χ0v) is 17.7. The third-order valence-electron chi connectivity index (χ3n) is 5.27. The van der Waals surface area contributed by atoms with Crippen molar-refractivity contribution in [2.75, 3.05) is 0 Å². The summed E-state index contributed by atoms with van der Waals surface area (Å²) >= 11 is 0. The van der Waals surface area contributed by atoms with Gasteiger partial charge in [0.15, 0.2) is 0 Å². The van der Waals surface area contributed by atoms with Gasteiger partial charge in [0.1, 0.15) is 6.10 Å². The number of rotatable bonds is 8. The van der Waals surface area contributed by atoms with E-state index in [2.05, 4.69) is 67.6 Å². The molecule has 0 aliphatic heterocycles. The summed E-state index contributed by atoms with van der Waals surface area (Å²) in [7, 11) is 0. The largest absolute Gasteiger partial charge is 0.458 e. The third-order valence-corrected chi connectivity index (χ3v) is 5.27. The van der Waals surface area contributed by atoms with Crippen molar-refractivity contribution in [2.24, 2.45) is 0 Å². The van der Waals surface area contributed by atoms with Crippen LogP contribution in [0.5, 0.6) is 0 Å². The van der Waals surface area contributed by atoms with Gasteiger partial charge in [0.25, 0.3) is 0 Å². The summed E-state index contributed by atoms with van der Waals surface area (Å²) in [6.07, 6.45) is 4.61. The van der Waals surface area contributed by atoms with Gasteiger partial charge in [-0.25, -0.2) is 0 Å². The van der Waals surface area contributed by atoms with Crippen LogP contribution in [0, 0.1) is 0 Å². The molecule has 0 radical (unpaired) electrons. The SMILES string of the molecule is CCCCCc1ccc(-c2ccc(C(C)OC(C)=O)cc2)c(-c2ccccc2)c1. The average molecular weight is 387 g/mol. The maximum atomic E-state index is 11.2. The number of benzene rings is 3. The minimum absolute atomic E-state index is 0.240. The zero-order chi connectivity index (χ0) is 20.6. The van der Waals surface area contributed by atoms with Gasteiger partial charge in [0.2, 0.25) is 0 Å². The molecule has 0 heterocycles. The molecule has 0 saturated carbocycles. The first-order chi connectivity index (χ1) is 14.1.